The van der Waals surface area contributed by atoms with Crippen molar-refractivity contribution in [2.24, 2.45) is 11.7 Å². The molecule has 48 valence electrons. The molecule has 0 bridgehead atoms. The molecule has 1 saturated heterocycles. The Morgan fingerprint density at radius 2 is 2.38 bits per heavy atom. The summed E-state index contributed by atoms with van der Waals surface area (Å²) in [7, 11) is 0. The number of hydrogen-bond donors (Lipinski definition) is 2. The van der Waals surface area contributed by atoms with Crippen LogP contribution in [0, 0.1) is 5.92 Å². The lowest BCUT2D eigenvalue weighted by atomic mass is 9.97. The molecule has 2 heteroatoms. The van der Waals surface area contributed by atoms with E-state index in [1.165, 1.54) is 0 Å². The zero-order valence-corrected chi connectivity index (χ0v) is 5.35. The van der Waals surface area contributed by atoms with E-state index in [1.54, 1.807) is 0 Å². The first-order valence-corrected chi connectivity index (χ1v) is 3.27. The van der Waals surface area contributed by atoms with E-state index < -0.39 is 0 Å². The third-order valence-electron chi connectivity index (χ3n) is 1.85. The maximum absolute atomic E-state index is 5.74. The second kappa shape index (κ2) is 2.46. The average Bonchev–Trinajstić information content (AvgIpc) is 1.77. The van der Waals surface area contributed by atoms with Crippen molar-refractivity contribution in [1.29, 1.82) is 0 Å². The Morgan fingerprint density at radius 3 is 2.75 bits per heavy atom. The smallest absolute Gasteiger partial charge is 0.00887 e. The van der Waals surface area contributed by atoms with Gasteiger partial charge in [-0.1, -0.05) is 6.92 Å². The van der Waals surface area contributed by atoms with E-state index in [0.717, 1.165) is 19.5 Å². The van der Waals surface area contributed by atoms with Crippen LogP contribution in [-0.4, -0.2) is 19.1 Å². The van der Waals surface area contributed by atoms with Gasteiger partial charge in [0.05, 0.1) is 0 Å². The lowest BCUT2D eigenvalue weighted by Gasteiger charge is -2.25. The number of nitrogens with one attached hydrogen (secondary N) is 1. The Balaban J connectivity index is 2.28. The molecule has 0 aromatic rings. The molecule has 0 saturated carbocycles. The highest BCUT2D eigenvalue weighted by Gasteiger charge is 2.15. The van der Waals surface area contributed by atoms with Gasteiger partial charge in [-0.3, -0.25) is 0 Å². The highest BCUT2D eigenvalue weighted by Crippen LogP contribution is 2.06. The predicted octanol–water partition coefficient (Wildman–Crippen LogP) is -0.0569. The molecule has 0 aromatic heterocycles. The van der Waals surface area contributed by atoms with Crippen molar-refractivity contribution in [3.63, 3.8) is 0 Å². The van der Waals surface area contributed by atoms with E-state index in [9.17, 15) is 0 Å². The van der Waals surface area contributed by atoms with Crippen LogP contribution in [0.15, 0.2) is 0 Å². The minimum atomic E-state index is 0.441. The molecular formula is C6H14N2. The summed E-state index contributed by atoms with van der Waals surface area (Å²) in [6.45, 7) is 4.39. The molecule has 0 amide bonds. The van der Waals surface area contributed by atoms with Gasteiger partial charge in [-0.2, -0.15) is 0 Å². The van der Waals surface area contributed by atoms with Crippen LogP contribution in [0.3, 0.4) is 0 Å². The van der Waals surface area contributed by atoms with Crippen molar-refractivity contribution in [2.75, 3.05) is 13.1 Å². The lowest BCUT2D eigenvalue weighted by molar-refractivity contribution is 0.349. The summed E-state index contributed by atoms with van der Waals surface area (Å²) in [4.78, 5) is 0. The fourth-order valence-corrected chi connectivity index (χ4v) is 1.03. The summed E-state index contributed by atoms with van der Waals surface area (Å²) in [6.07, 6.45) is 1.14. The molecular weight excluding hydrogens is 100 g/mol. The van der Waals surface area contributed by atoms with Gasteiger partial charge < -0.3 is 11.1 Å². The maximum atomic E-state index is 5.74. The molecule has 0 aromatic carbocycles. The Labute approximate surface area is 50.4 Å². The molecule has 1 fully saturated rings. The first kappa shape index (κ1) is 6.05. The van der Waals surface area contributed by atoms with Gasteiger partial charge in [0.1, 0.15) is 0 Å². The van der Waals surface area contributed by atoms with Crippen LogP contribution < -0.4 is 11.1 Å². The van der Waals surface area contributed by atoms with Crippen LogP contribution >= 0.6 is 0 Å². The molecule has 0 aliphatic carbocycles. The van der Waals surface area contributed by atoms with Gasteiger partial charge in [0.15, 0.2) is 0 Å². The predicted molar refractivity (Wildman–Crippen MR) is 34.6 cm³/mol. The molecule has 0 spiro atoms. The number of nitrogens with two attached hydrogens (primary N) is 1. The molecule has 1 aliphatic rings. The molecule has 0 radical (unpaired) electrons. The van der Waals surface area contributed by atoms with E-state index in [2.05, 4.69) is 12.2 Å². The van der Waals surface area contributed by atoms with Gasteiger partial charge in [0.2, 0.25) is 0 Å². The highest BCUT2D eigenvalue weighted by molar-refractivity contribution is 4.76. The molecule has 1 rings (SSSR count). The SMILES string of the molecule is C[C@H]1CNCC[C@@H]1N. The van der Waals surface area contributed by atoms with E-state index in [-0.39, 0.29) is 0 Å². The fraction of sp³-hybridized carbons (Fsp3) is 1.00. The minimum absolute atomic E-state index is 0.441. The third-order valence-corrected chi connectivity index (χ3v) is 1.85. The molecule has 2 atom stereocenters. The van der Waals surface area contributed by atoms with Crippen molar-refractivity contribution in [2.45, 2.75) is 19.4 Å². The monoisotopic (exact) mass is 114 g/mol. The Bertz CT molecular complexity index is 62.9. The van der Waals surface area contributed by atoms with Crippen LogP contribution in [0.1, 0.15) is 13.3 Å². The number of piperidine rings is 1. The Morgan fingerprint density at radius 1 is 1.62 bits per heavy atom. The van der Waals surface area contributed by atoms with Crippen LogP contribution in [0.25, 0.3) is 0 Å². The van der Waals surface area contributed by atoms with E-state index in [4.69, 9.17) is 5.73 Å². The van der Waals surface area contributed by atoms with E-state index in [1.807, 2.05) is 0 Å². The molecule has 0 unspecified atom stereocenters. The third kappa shape index (κ3) is 1.20. The second-order valence-electron chi connectivity index (χ2n) is 2.63. The molecule has 1 heterocycles. The summed E-state index contributed by atoms with van der Waals surface area (Å²) in [5, 5.41) is 3.28. The van der Waals surface area contributed by atoms with Crippen LogP contribution in [-0.2, 0) is 0 Å². The topological polar surface area (TPSA) is 38.0 Å². The van der Waals surface area contributed by atoms with Crippen molar-refractivity contribution >= 4 is 0 Å². The van der Waals surface area contributed by atoms with Gasteiger partial charge in [-0.05, 0) is 25.4 Å². The van der Waals surface area contributed by atoms with Crippen LogP contribution in [0.4, 0.5) is 0 Å². The maximum Gasteiger partial charge on any atom is 0.00887 e. The summed E-state index contributed by atoms with van der Waals surface area (Å²) < 4.78 is 0. The normalized spacial score (nSPS) is 39.8. The molecule has 2 nitrogen and oxygen atoms in total. The van der Waals surface area contributed by atoms with Gasteiger partial charge in [-0.15, -0.1) is 0 Å². The largest absolute Gasteiger partial charge is 0.327 e. The van der Waals surface area contributed by atoms with Crippen LogP contribution in [0.5, 0.6) is 0 Å². The summed E-state index contributed by atoms with van der Waals surface area (Å²) in [5.41, 5.74) is 5.74. The molecule has 8 heavy (non-hydrogen) atoms. The van der Waals surface area contributed by atoms with Crippen molar-refractivity contribution in [1.82, 2.24) is 5.32 Å². The number of rotatable bonds is 0. The van der Waals surface area contributed by atoms with Gasteiger partial charge >= 0.3 is 0 Å². The van der Waals surface area contributed by atoms with E-state index in [0.29, 0.717) is 12.0 Å². The fourth-order valence-electron chi connectivity index (χ4n) is 1.03. The zero-order valence-electron chi connectivity index (χ0n) is 5.35. The minimum Gasteiger partial charge on any atom is -0.327 e. The van der Waals surface area contributed by atoms with Crippen molar-refractivity contribution < 1.29 is 0 Å². The first-order valence-electron chi connectivity index (χ1n) is 3.27. The highest BCUT2D eigenvalue weighted by atomic mass is 14.9. The summed E-state index contributed by atoms with van der Waals surface area (Å²) in [6, 6.07) is 0.441. The second-order valence-corrected chi connectivity index (χ2v) is 2.63. The summed E-state index contributed by atoms with van der Waals surface area (Å²) >= 11 is 0. The van der Waals surface area contributed by atoms with Crippen LogP contribution in [0.2, 0.25) is 0 Å². The summed E-state index contributed by atoms with van der Waals surface area (Å²) in [5.74, 6) is 0.670. The lowest BCUT2D eigenvalue weighted by Crippen LogP contribution is -2.43. The van der Waals surface area contributed by atoms with Crippen molar-refractivity contribution in [3.8, 4) is 0 Å². The number of hydrogen-bond acceptors (Lipinski definition) is 2. The van der Waals surface area contributed by atoms with E-state index >= 15 is 0 Å². The first-order chi connectivity index (χ1) is 3.80. The van der Waals surface area contributed by atoms with Gasteiger partial charge in [0, 0.05) is 6.04 Å². The Hall–Kier alpha value is -0.0800. The Kier molecular flexibility index (Phi) is 1.86. The standard InChI is InChI=1S/C6H14N2/c1-5-4-8-3-2-6(5)7/h5-6,8H,2-4,7H2,1H3/t5-,6-/m0/s1. The van der Waals surface area contributed by atoms with Gasteiger partial charge in [0.25, 0.3) is 0 Å². The molecule has 1 aliphatic heterocycles. The quantitative estimate of drug-likeness (QED) is 0.463. The van der Waals surface area contributed by atoms with Gasteiger partial charge in [-0.25, -0.2) is 0 Å². The van der Waals surface area contributed by atoms with Crippen molar-refractivity contribution in [3.05, 3.63) is 0 Å². The average molecular weight is 114 g/mol. The zero-order chi connectivity index (χ0) is 5.98. The molecule has 3 N–H and O–H groups in total.